The highest BCUT2D eigenvalue weighted by Crippen LogP contribution is 2.52. The minimum absolute atomic E-state index is 0.0772. The quantitative estimate of drug-likeness (QED) is 0.641. The van der Waals surface area contributed by atoms with Crippen molar-refractivity contribution in [2.24, 2.45) is 5.41 Å². The summed E-state index contributed by atoms with van der Waals surface area (Å²) < 4.78 is 0. The third-order valence-electron chi connectivity index (χ3n) is 4.16. The van der Waals surface area contributed by atoms with Gasteiger partial charge in [-0.3, -0.25) is 0 Å². The molecule has 1 aromatic rings. The summed E-state index contributed by atoms with van der Waals surface area (Å²) in [5.74, 6) is 0.981. The van der Waals surface area contributed by atoms with Crippen molar-refractivity contribution in [3.8, 4) is 6.07 Å². The molecule has 0 spiro atoms. The fraction of sp³-hybridized carbons (Fsp3) is 0.600. The van der Waals surface area contributed by atoms with Gasteiger partial charge in [-0.15, -0.1) is 11.8 Å². The maximum absolute atomic E-state index is 11.5. The molecule has 0 aromatic carbocycles. The van der Waals surface area contributed by atoms with E-state index in [1.165, 1.54) is 11.8 Å². The minimum atomic E-state index is -0.970. The van der Waals surface area contributed by atoms with Crippen molar-refractivity contribution < 1.29 is 9.90 Å². The van der Waals surface area contributed by atoms with E-state index in [4.69, 9.17) is 5.26 Å². The van der Waals surface area contributed by atoms with Crippen LogP contribution in [0.1, 0.15) is 59.9 Å². The Morgan fingerprint density at radius 1 is 1.48 bits per heavy atom. The van der Waals surface area contributed by atoms with E-state index >= 15 is 0 Å². The fourth-order valence-electron chi connectivity index (χ4n) is 2.38. The Labute approximate surface area is 127 Å². The second-order valence-electron chi connectivity index (χ2n) is 6.05. The molecule has 5 nitrogen and oxygen atoms in total. The van der Waals surface area contributed by atoms with Gasteiger partial charge in [0.15, 0.2) is 0 Å². The van der Waals surface area contributed by atoms with E-state index in [1.807, 2.05) is 0 Å². The van der Waals surface area contributed by atoms with Crippen LogP contribution >= 0.6 is 11.8 Å². The lowest BCUT2D eigenvalue weighted by molar-refractivity contribution is 0.0690. The lowest BCUT2D eigenvalue weighted by atomic mass is 10.1. The van der Waals surface area contributed by atoms with Gasteiger partial charge in [-0.05, 0) is 38.0 Å². The second-order valence-corrected chi connectivity index (χ2v) is 7.01. The first kappa shape index (κ1) is 14.3. The third-order valence-corrected chi connectivity index (χ3v) is 5.48. The van der Waals surface area contributed by atoms with Crippen LogP contribution in [0.3, 0.4) is 0 Å². The summed E-state index contributed by atoms with van der Waals surface area (Å²) in [6.45, 7) is 1.74. The van der Waals surface area contributed by atoms with E-state index < -0.39 is 5.97 Å². The molecule has 3 rings (SSSR count). The number of nitrogens with zero attached hydrogens (tertiary/aromatic N) is 3. The molecule has 21 heavy (non-hydrogen) atoms. The van der Waals surface area contributed by atoms with Gasteiger partial charge < -0.3 is 5.11 Å². The molecule has 110 valence electrons. The standard InChI is InChI=1S/C15H17N3O2S/c1-9-11(14(19)20)13(18-12(17-9)10-2-3-10)21-8-15(4-5-15)6-7-16/h10H,2-6,8H2,1H3,(H,19,20). The SMILES string of the molecule is Cc1nc(C2CC2)nc(SCC2(CC#N)CC2)c1C(=O)O. The first-order chi connectivity index (χ1) is 10.0. The number of aryl methyl sites for hydroxylation is 1. The number of nitriles is 1. The van der Waals surface area contributed by atoms with Crippen LogP contribution in [0.25, 0.3) is 0 Å². The number of hydrogen-bond donors (Lipinski definition) is 1. The van der Waals surface area contributed by atoms with Crippen molar-refractivity contribution in [2.45, 2.75) is 50.0 Å². The van der Waals surface area contributed by atoms with Crippen LogP contribution in [0.2, 0.25) is 0 Å². The summed E-state index contributed by atoms with van der Waals surface area (Å²) in [7, 11) is 0. The highest BCUT2D eigenvalue weighted by molar-refractivity contribution is 7.99. The Hall–Kier alpha value is -1.61. The molecule has 1 N–H and O–H groups in total. The van der Waals surface area contributed by atoms with E-state index in [2.05, 4.69) is 16.0 Å². The van der Waals surface area contributed by atoms with Gasteiger partial charge in [0.2, 0.25) is 0 Å². The zero-order valence-electron chi connectivity index (χ0n) is 11.9. The monoisotopic (exact) mass is 303 g/mol. The second kappa shape index (κ2) is 5.30. The smallest absolute Gasteiger partial charge is 0.340 e. The van der Waals surface area contributed by atoms with Crippen molar-refractivity contribution in [1.29, 1.82) is 5.26 Å². The Morgan fingerprint density at radius 2 is 2.19 bits per heavy atom. The van der Waals surface area contributed by atoms with E-state index in [-0.39, 0.29) is 11.0 Å². The first-order valence-corrected chi connectivity index (χ1v) is 8.15. The number of hydrogen-bond acceptors (Lipinski definition) is 5. The number of aromatic nitrogens is 2. The summed E-state index contributed by atoms with van der Waals surface area (Å²) in [5, 5.41) is 18.8. The fourth-order valence-corrected chi connectivity index (χ4v) is 3.75. The van der Waals surface area contributed by atoms with Crippen molar-refractivity contribution in [1.82, 2.24) is 9.97 Å². The minimum Gasteiger partial charge on any atom is -0.478 e. The molecular weight excluding hydrogens is 286 g/mol. The van der Waals surface area contributed by atoms with Crippen LogP contribution < -0.4 is 0 Å². The number of carbonyl (C=O) groups is 1. The maximum atomic E-state index is 11.5. The van der Waals surface area contributed by atoms with Crippen LogP contribution in [0.15, 0.2) is 5.03 Å². The molecule has 0 aliphatic heterocycles. The van der Waals surface area contributed by atoms with E-state index in [0.717, 1.165) is 37.3 Å². The summed E-state index contributed by atoms with van der Waals surface area (Å²) in [4.78, 5) is 20.3. The molecule has 0 amide bonds. The van der Waals surface area contributed by atoms with Gasteiger partial charge in [0.1, 0.15) is 16.4 Å². The van der Waals surface area contributed by atoms with E-state index in [1.54, 1.807) is 6.92 Å². The molecule has 2 fully saturated rings. The molecule has 2 aliphatic carbocycles. The van der Waals surface area contributed by atoms with Crippen molar-refractivity contribution in [3.63, 3.8) is 0 Å². The van der Waals surface area contributed by atoms with Crippen LogP contribution in [0.5, 0.6) is 0 Å². The molecule has 0 radical (unpaired) electrons. The Balaban J connectivity index is 1.85. The molecule has 1 aromatic heterocycles. The Morgan fingerprint density at radius 3 is 2.71 bits per heavy atom. The van der Waals surface area contributed by atoms with Gasteiger partial charge in [0.05, 0.1) is 11.8 Å². The summed E-state index contributed by atoms with van der Waals surface area (Å²) >= 11 is 1.48. The molecule has 2 saturated carbocycles. The number of rotatable bonds is 6. The lowest BCUT2D eigenvalue weighted by Gasteiger charge is -2.13. The van der Waals surface area contributed by atoms with Crippen LogP contribution in [-0.2, 0) is 0 Å². The van der Waals surface area contributed by atoms with Crippen LogP contribution in [0.4, 0.5) is 0 Å². The predicted molar refractivity (Wildman–Crippen MR) is 78.3 cm³/mol. The van der Waals surface area contributed by atoms with Gasteiger partial charge in [0.25, 0.3) is 0 Å². The Bertz CT molecular complexity index is 631. The van der Waals surface area contributed by atoms with Crippen molar-refractivity contribution in [2.75, 3.05) is 5.75 Å². The molecule has 0 bridgehead atoms. The average Bonchev–Trinajstić information content (AvgIpc) is 3.31. The molecule has 2 aliphatic rings. The highest BCUT2D eigenvalue weighted by atomic mass is 32.2. The van der Waals surface area contributed by atoms with E-state index in [9.17, 15) is 9.90 Å². The van der Waals surface area contributed by atoms with Gasteiger partial charge in [-0.1, -0.05) is 0 Å². The van der Waals surface area contributed by atoms with Crippen molar-refractivity contribution in [3.05, 3.63) is 17.1 Å². The van der Waals surface area contributed by atoms with Crippen molar-refractivity contribution >= 4 is 17.7 Å². The predicted octanol–water partition coefficient (Wildman–Crippen LogP) is 3.15. The van der Waals surface area contributed by atoms with E-state index in [0.29, 0.717) is 23.1 Å². The van der Waals surface area contributed by atoms with Gasteiger partial charge in [-0.25, -0.2) is 14.8 Å². The zero-order chi connectivity index (χ0) is 15.0. The number of carboxylic acid groups (broad SMARTS) is 1. The molecule has 6 heteroatoms. The topological polar surface area (TPSA) is 86.9 Å². The van der Waals surface area contributed by atoms with Gasteiger partial charge in [-0.2, -0.15) is 5.26 Å². The zero-order valence-corrected chi connectivity index (χ0v) is 12.7. The number of aromatic carboxylic acids is 1. The Kier molecular flexibility index (Phi) is 3.62. The van der Waals surface area contributed by atoms with Gasteiger partial charge >= 0.3 is 5.97 Å². The number of thioether (sulfide) groups is 1. The molecular formula is C15H17N3O2S. The lowest BCUT2D eigenvalue weighted by Crippen LogP contribution is -2.11. The largest absolute Gasteiger partial charge is 0.478 e. The molecule has 0 unspecified atom stereocenters. The normalized spacial score (nSPS) is 19.0. The maximum Gasteiger partial charge on any atom is 0.340 e. The third kappa shape index (κ3) is 3.03. The molecule has 0 atom stereocenters. The van der Waals surface area contributed by atoms with Gasteiger partial charge in [0, 0.05) is 18.1 Å². The molecule has 1 heterocycles. The summed E-state index contributed by atoms with van der Waals surface area (Å²) in [6.07, 6.45) is 4.83. The average molecular weight is 303 g/mol. The summed E-state index contributed by atoms with van der Waals surface area (Å²) in [6, 6.07) is 2.23. The van der Waals surface area contributed by atoms with Crippen LogP contribution in [-0.4, -0.2) is 26.8 Å². The van der Waals surface area contributed by atoms with Crippen LogP contribution in [0, 0.1) is 23.7 Å². The molecule has 0 saturated heterocycles. The highest BCUT2D eigenvalue weighted by Gasteiger charge is 2.42. The first-order valence-electron chi connectivity index (χ1n) is 7.16. The number of carboxylic acids is 1. The summed E-state index contributed by atoms with van der Waals surface area (Å²) in [5.41, 5.74) is 0.845.